The highest BCUT2D eigenvalue weighted by Gasteiger charge is 2.25. The van der Waals surface area contributed by atoms with Crippen molar-refractivity contribution in [2.45, 2.75) is 25.9 Å². The van der Waals surface area contributed by atoms with Gasteiger partial charge in [-0.05, 0) is 37.6 Å². The number of aryl methyl sites for hydroxylation is 2. The lowest BCUT2D eigenvalue weighted by Gasteiger charge is -2.24. The molecule has 0 aliphatic rings. The Morgan fingerprint density at radius 1 is 1.33 bits per heavy atom. The molecule has 2 aromatic rings. The average Bonchev–Trinajstić information content (AvgIpc) is 2.57. The standard InChI is InChI=1S/C14H17BrN2O/c1-10-8-13(17(3)16-10)9-14(2,18)11-4-6-12(15)7-5-11/h4-8,18H,9H2,1-3H3. The first kappa shape index (κ1) is 13.3. The third kappa shape index (κ3) is 2.82. The molecule has 4 heteroatoms. The molecule has 0 bridgehead atoms. The summed E-state index contributed by atoms with van der Waals surface area (Å²) in [5, 5.41) is 14.9. The zero-order chi connectivity index (χ0) is 13.3. The summed E-state index contributed by atoms with van der Waals surface area (Å²) >= 11 is 3.40. The largest absolute Gasteiger partial charge is 0.385 e. The van der Waals surface area contributed by atoms with Gasteiger partial charge in [-0.2, -0.15) is 5.10 Å². The number of aromatic nitrogens is 2. The van der Waals surface area contributed by atoms with E-state index in [4.69, 9.17) is 0 Å². The summed E-state index contributed by atoms with van der Waals surface area (Å²) in [7, 11) is 1.90. The number of nitrogens with zero attached hydrogens (tertiary/aromatic N) is 2. The molecule has 3 nitrogen and oxygen atoms in total. The summed E-state index contributed by atoms with van der Waals surface area (Å²) in [6.45, 7) is 3.79. The maximum absolute atomic E-state index is 10.6. The van der Waals surface area contributed by atoms with Crippen molar-refractivity contribution in [1.82, 2.24) is 9.78 Å². The van der Waals surface area contributed by atoms with Crippen LogP contribution in [-0.4, -0.2) is 14.9 Å². The molecule has 1 heterocycles. The highest BCUT2D eigenvalue weighted by Crippen LogP contribution is 2.26. The van der Waals surface area contributed by atoms with Crippen molar-refractivity contribution in [1.29, 1.82) is 0 Å². The minimum Gasteiger partial charge on any atom is -0.385 e. The normalized spacial score (nSPS) is 14.5. The molecule has 0 amide bonds. The topological polar surface area (TPSA) is 38.0 Å². The molecular weight excluding hydrogens is 292 g/mol. The second-order valence-corrected chi connectivity index (χ2v) is 5.77. The predicted octanol–water partition coefficient (Wildman–Crippen LogP) is 2.94. The summed E-state index contributed by atoms with van der Waals surface area (Å²) in [6.07, 6.45) is 0.548. The molecule has 0 spiro atoms. The van der Waals surface area contributed by atoms with Crippen molar-refractivity contribution in [2.24, 2.45) is 7.05 Å². The van der Waals surface area contributed by atoms with E-state index in [9.17, 15) is 5.11 Å². The van der Waals surface area contributed by atoms with Gasteiger partial charge in [-0.1, -0.05) is 28.1 Å². The Hall–Kier alpha value is -1.13. The Morgan fingerprint density at radius 2 is 1.94 bits per heavy atom. The average molecular weight is 309 g/mol. The maximum Gasteiger partial charge on any atom is 0.0923 e. The predicted molar refractivity (Wildman–Crippen MR) is 75.4 cm³/mol. The first-order valence-electron chi connectivity index (χ1n) is 5.86. The van der Waals surface area contributed by atoms with Crippen molar-refractivity contribution in [3.63, 3.8) is 0 Å². The monoisotopic (exact) mass is 308 g/mol. The van der Waals surface area contributed by atoms with Crippen LogP contribution in [0.15, 0.2) is 34.8 Å². The molecule has 18 heavy (non-hydrogen) atoms. The third-order valence-electron chi connectivity index (χ3n) is 3.09. The lowest BCUT2D eigenvalue weighted by atomic mass is 9.91. The van der Waals surface area contributed by atoms with E-state index in [1.165, 1.54) is 0 Å². The molecule has 0 saturated carbocycles. The molecule has 1 unspecified atom stereocenters. The molecule has 1 N–H and O–H groups in total. The van der Waals surface area contributed by atoms with Gasteiger partial charge in [0.25, 0.3) is 0 Å². The molecule has 1 atom stereocenters. The van der Waals surface area contributed by atoms with Gasteiger partial charge in [0.1, 0.15) is 0 Å². The molecular formula is C14H17BrN2O. The molecule has 0 aliphatic carbocycles. The first-order chi connectivity index (χ1) is 8.38. The Morgan fingerprint density at radius 3 is 2.44 bits per heavy atom. The van der Waals surface area contributed by atoms with Crippen LogP contribution in [0.2, 0.25) is 0 Å². The fourth-order valence-corrected chi connectivity index (χ4v) is 2.36. The van der Waals surface area contributed by atoms with Gasteiger partial charge in [-0.3, -0.25) is 4.68 Å². The quantitative estimate of drug-likeness (QED) is 0.946. The van der Waals surface area contributed by atoms with Crippen LogP contribution in [0.3, 0.4) is 0 Å². The fourth-order valence-electron chi connectivity index (χ4n) is 2.09. The molecule has 0 aliphatic heterocycles. The van der Waals surface area contributed by atoms with Crippen molar-refractivity contribution >= 4 is 15.9 Å². The Kier molecular flexibility index (Phi) is 3.59. The van der Waals surface area contributed by atoms with Crippen molar-refractivity contribution in [2.75, 3.05) is 0 Å². The van der Waals surface area contributed by atoms with Crippen LogP contribution in [0, 0.1) is 6.92 Å². The van der Waals surface area contributed by atoms with E-state index >= 15 is 0 Å². The van der Waals surface area contributed by atoms with Crippen molar-refractivity contribution in [3.8, 4) is 0 Å². The van der Waals surface area contributed by atoms with Crippen molar-refractivity contribution < 1.29 is 5.11 Å². The molecule has 2 rings (SSSR count). The van der Waals surface area contributed by atoms with Crippen LogP contribution in [0.1, 0.15) is 23.9 Å². The van der Waals surface area contributed by atoms with E-state index in [2.05, 4.69) is 21.0 Å². The van der Waals surface area contributed by atoms with Gasteiger partial charge in [0.05, 0.1) is 11.3 Å². The lowest BCUT2D eigenvalue weighted by molar-refractivity contribution is 0.0556. The number of hydrogen-bond donors (Lipinski definition) is 1. The minimum atomic E-state index is -0.888. The second kappa shape index (κ2) is 4.86. The van der Waals surface area contributed by atoms with Gasteiger partial charge in [-0.25, -0.2) is 0 Å². The summed E-state index contributed by atoms with van der Waals surface area (Å²) in [5.74, 6) is 0. The Labute approximate surface area is 116 Å². The molecule has 0 saturated heterocycles. The highest BCUT2D eigenvalue weighted by atomic mass is 79.9. The zero-order valence-electron chi connectivity index (χ0n) is 10.8. The smallest absolute Gasteiger partial charge is 0.0923 e. The lowest BCUT2D eigenvalue weighted by Crippen LogP contribution is -2.25. The van der Waals surface area contributed by atoms with E-state index in [1.54, 1.807) is 0 Å². The van der Waals surface area contributed by atoms with Crippen LogP contribution in [0.4, 0.5) is 0 Å². The SMILES string of the molecule is Cc1cc(CC(C)(O)c2ccc(Br)cc2)n(C)n1. The molecule has 1 aromatic carbocycles. The Balaban J connectivity index is 2.26. The number of hydrogen-bond acceptors (Lipinski definition) is 2. The summed E-state index contributed by atoms with van der Waals surface area (Å²) in [4.78, 5) is 0. The number of halogens is 1. The first-order valence-corrected chi connectivity index (χ1v) is 6.66. The van der Waals surface area contributed by atoms with Gasteiger partial charge in [0, 0.05) is 23.6 Å². The maximum atomic E-state index is 10.6. The van der Waals surface area contributed by atoms with E-state index in [1.807, 2.05) is 55.9 Å². The van der Waals surface area contributed by atoms with Gasteiger partial charge in [0.2, 0.25) is 0 Å². The summed E-state index contributed by atoms with van der Waals surface area (Å²) in [6, 6.07) is 9.77. The molecule has 0 fully saturated rings. The number of benzene rings is 1. The fraction of sp³-hybridized carbons (Fsp3) is 0.357. The minimum absolute atomic E-state index is 0.548. The van der Waals surface area contributed by atoms with E-state index in [0.29, 0.717) is 6.42 Å². The van der Waals surface area contributed by atoms with Crippen LogP contribution in [0.25, 0.3) is 0 Å². The van der Waals surface area contributed by atoms with Crippen LogP contribution in [-0.2, 0) is 19.1 Å². The third-order valence-corrected chi connectivity index (χ3v) is 3.62. The van der Waals surface area contributed by atoms with Gasteiger partial charge in [-0.15, -0.1) is 0 Å². The van der Waals surface area contributed by atoms with Crippen molar-refractivity contribution in [3.05, 3.63) is 51.8 Å². The van der Waals surface area contributed by atoms with Gasteiger partial charge >= 0.3 is 0 Å². The number of rotatable bonds is 3. The zero-order valence-corrected chi connectivity index (χ0v) is 12.4. The summed E-state index contributed by atoms with van der Waals surface area (Å²) in [5.41, 5.74) is 2.02. The Bertz CT molecular complexity index is 543. The van der Waals surface area contributed by atoms with E-state index in [0.717, 1.165) is 21.4 Å². The van der Waals surface area contributed by atoms with Crippen LogP contribution in [0.5, 0.6) is 0 Å². The van der Waals surface area contributed by atoms with Gasteiger partial charge in [0.15, 0.2) is 0 Å². The van der Waals surface area contributed by atoms with E-state index in [-0.39, 0.29) is 0 Å². The molecule has 1 aromatic heterocycles. The van der Waals surface area contributed by atoms with Crippen LogP contribution < -0.4 is 0 Å². The second-order valence-electron chi connectivity index (χ2n) is 4.86. The summed E-state index contributed by atoms with van der Waals surface area (Å²) < 4.78 is 2.83. The number of aliphatic hydroxyl groups is 1. The van der Waals surface area contributed by atoms with Gasteiger partial charge < -0.3 is 5.11 Å². The molecule has 0 radical (unpaired) electrons. The highest BCUT2D eigenvalue weighted by molar-refractivity contribution is 9.10. The van der Waals surface area contributed by atoms with Crippen LogP contribution >= 0.6 is 15.9 Å². The molecule has 96 valence electrons. The van der Waals surface area contributed by atoms with E-state index < -0.39 is 5.60 Å².